The second kappa shape index (κ2) is 22.7. The highest BCUT2D eigenvalue weighted by molar-refractivity contribution is 5.92. The van der Waals surface area contributed by atoms with Crippen molar-refractivity contribution in [3.8, 4) is 28.7 Å². The van der Waals surface area contributed by atoms with Crippen LogP contribution >= 0.6 is 0 Å². The topological polar surface area (TPSA) is 141 Å². The molecular formula is C48H46O11. The maximum Gasteiger partial charge on any atom is 0.343 e. The predicted octanol–water partition coefficient (Wildman–Crippen LogP) is 9.18. The van der Waals surface area contributed by atoms with Crippen LogP contribution in [0.2, 0.25) is 0 Å². The molecule has 0 saturated heterocycles. The zero-order chi connectivity index (χ0) is 41.8. The second-order valence-electron chi connectivity index (χ2n) is 13.5. The third-order valence-corrected chi connectivity index (χ3v) is 8.92. The lowest BCUT2D eigenvalue weighted by molar-refractivity contribution is -0.138. The Hall–Kier alpha value is -7.01. The van der Waals surface area contributed by atoms with E-state index in [0.717, 1.165) is 48.6 Å². The molecule has 0 aliphatic rings. The maximum absolute atomic E-state index is 12.9. The van der Waals surface area contributed by atoms with Crippen LogP contribution in [0.15, 0.2) is 134 Å². The molecule has 11 nitrogen and oxygen atoms in total. The fourth-order valence-electron chi connectivity index (χ4n) is 5.68. The molecule has 11 heteroatoms. The second-order valence-corrected chi connectivity index (χ2v) is 13.5. The molecule has 0 aliphatic carbocycles. The van der Waals surface area contributed by atoms with Gasteiger partial charge in [-0.3, -0.25) is 9.59 Å². The van der Waals surface area contributed by atoms with Gasteiger partial charge in [0.2, 0.25) is 0 Å². The summed E-state index contributed by atoms with van der Waals surface area (Å²) in [6.07, 6.45) is 6.19. The molecule has 0 aromatic heterocycles. The van der Waals surface area contributed by atoms with E-state index in [1.807, 2.05) is 54.6 Å². The molecule has 0 N–H and O–H groups in total. The van der Waals surface area contributed by atoms with E-state index in [2.05, 4.69) is 6.58 Å². The molecule has 0 unspecified atom stereocenters. The molecule has 0 amide bonds. The van der Waals surface area contributed by atoms with Crippen LogP contribution in [0.3, 0.4) is 0 Å². The number of rotatable bonds is 21. The fourth-order valence-corrected chi connectivity index (χ4v) is 5.68. The van der Waals surface area contributed by atoms with Crippen molar-refractivity contribution in [2.45, 2.75) is 58.3 Å². The Morgan fingerprint density at radius 3 is 1.59 bits per heavy atom. The number of benzene rings is 5. The number of hydrogen-bond donors (Lipinski definition) is 0. The van der Waals surface area contributed by atoms with E-state index >= 15 is 0 Å². The first-order chi connectivity index (χ1) is 28.6. The molecule has 0 bridgehead atoms. The van der Waals surface area contributed by atoms with Gasteiger partial charge in [0.05, 0.1) is 24.3 Å². The van der Waals surface area contributed by atoms with E-state index in [1.165, 1.54) is 60.7 Å². The molecule has 5 aromatic carbocycles. The first kappa shape index (κ1) is 43.1. The summed E-state index contributed by atoms with van der Waals surface area (Å²) in [5, 5.41) is 0. The van der Waals surface area contributed by atoms with Crippen molar-refractivity contribution in [2.24, 2.45) is 0 Å². The number of ether oxygens (including phenoxy) is 6. The van der Waals surface area contributed by atoms with Crippen molar-refractivity contribution in [2.75, 3.05) is 13.2 Å². The summed E-state index contributed by atoms with van der Waals surface area (Å²) in [6, 6.07) is 34.0. The maximum atomic E-state index is 12.9. The standard InChI is InChI=1S/C48H46O11/c1-3-44(49)55-32-10-5-4-9-31-54-39-21-13-36(14-22-39)16-30-46(51)57-41-25-19-38(20-26-41)48(53)59-43-28-27-42(33-34(43)2)58-47(52)37-17-23-40(24-18-37)56-45(50)29-15-35-11-7-6-8-12-35/h3,6-8,11-14,17-28,33H,1,4-5,9-10,15-16,29-32H2,2H3. The number of unbranched alkanes of at least 4 members (excludes halogenated alkanes) is 3. The Morgan fingerprint density at radius 1 is 0.525 bits per heavy atom. The molecule has 0 spiro atoms. The average molecular weight is 799 g/mol. The summed E-state index contributed by atoms with van der Waals surface area (Å²) >= 11 is 0. The van der Waals surface area contributed by atoms with E-state index in [9.17, 15) is 24.0 Å². The van der Waals surface area contributed by atoms with Crippen molar-refractivity contribution < 1.29 is 52.4 Å². The molecule has 304 valence electrons. The third-order valence-electron chi connectivity index (χ3n) is 8.92. The SMILES string of the molecule is C=CC(=O)OCCCCCCOc1ccc(CCC(=O)Oc2ccc(C(=O)Oc3ccc(OC(=O)c4ccc(OC(=O)CCc5ccccc5)cc4)cc3C)cc2)cc1. The zero-order valence-corrected chi connectivity index (χ0v) is 32.9. The van der Waals surface area contributed by atoms with Crippen LogP contribution in [0.4, 0.5) is 0 Å². The summed E-state index contributed by atoms with van der Waals surface area (Å²) in [5.74, 6) is -0.522. The first-order valence-electron chi connectivity index (χ1n) is 19.4. The van der Waals surface area contributed by atoms with Crippen LogP contribution in [-0.4, -0.2) is 43.1 Å². The van der Waals surface area contributed by atoms with Gasteiger partial charge in [0, 0.05) is 18.9 Å². The minimum absolute atomic E-state index is 0.163. The molecule has 0 atom stereocenters. The van der Waals surface area contributed by atoms with Crippen molar-refractivity contribution in [3.05, 3.63) is 162 Å². The van der Waals surface area contributed by atoms with Crippen molar-refractivity contribution in [1.82, 2.24) is 0 Å². The highest BCUT2D eigenvalue weighted by atomic mass is 16.6. The van der Waals surface area contributed by atoms with Crippen LogP contribution in [0.25, 0.3) is 0 Å². The quantitative estimate of drug-likeness (QED) is 0.0304. The number of hydrogen-bond acceptors (Lipinski definition) is 11. The van der Waals surface area contributed by atoms with Gasteiger partial charge in [0.15, 0.2) is 0 Å². The van der Waals surface area contributed by atoms with Gasteiger partial charge in [-0.2, -0.15) is 0 Å². The third kappa shape index (κ3) is 14.8. The Kier molecular flexibility index (Phi) is 16.6. The minimum Gasteiger partial charge on any atom is -0.494 e. The summed E-state index contributed by atoms with van der Waals surface area (Å²) < 4.78 is 32.7. The van der Waals surface area contributed by atoms with Gasteiger partial charge < -0.3 is 28.4 Å². The minimum atomic E-state index is -0.618. The van der Waals surface area contributed by atoms with Crippen LogP contribution in [0, 0.1) is 6.92 Å². The monoisotopic (exact) mass is 798 g/mol. The zero-order valence-electron chi connectivity index (χ0n) is 32.9. The van der Waals surface area contributed by atoms with Crippen LogP contribution in [0.5, 0.6) is 28.7 Å². The molecule has 5 rings (SSSR count). The highest BCUT2D eigenvalue weighted by Gasteiger charge is 2.15. The number of esters is 5. The highest BCUT2D eigenvalue weighted by Crippen LogP contribution is 2.26. The summed E-state index contributed by atoms with van der Waals surface area (Å²) in [5.41, 5.74) is 3.07. The van der Waals surface area contributed by atoms with Gasteiger partial charge >= 0.3 is 29.8 Å². The van der Waals surface area contributed by atoms with Crippen LogP contribution < -0.4 is 23.7 Å². The van der Waals surface area contributed by atoms with Gasteiger partial charge in [-0.05, 0) is 141 Å². The summed E-state index contributed by atoms with van der Waals surface area (Å²) in [4.78, 5) is 61.5. The normalized spacial score (nSPS) is 10.5. The first-order valence-corrected chi connectivity index (χ1v) is 19.4. The van der Waals surface area contributed by atoms with E-state index < -0.39 is 23.9 Å². The Bertz CT molecular complexity index is 2180. The number of carbonyl (C=O) groups excluding carboxylic acids is 5. The van der Waals surface area contributed by atoms with Gasteiger partial charge in [-0.25, -0.2) is 14.4 Å². The molecule has 0 aliphatic heterocycles. The van der Waals surface area contributed by atoms with Crippen molar-refractivity contribution in [3.63, 3.8) is 0 Å². The van der Waals surface area contributed by atoms with E-state index in [-0.39, 0.29) is 41.4 Å². The average Bonchev–Trinajstić information content (AvgIpc) is 3.25. The summed E-state index contributed by atoms with van der Waals surface area (Å²) in [7, 11) is 0. The van der Waals surface area contributed by atoms with Crippen LogP contribution in [-0.2, 0) is 32.0 Å². The smallest absolute Gasteiger partial charge is 0.343 e. The largest absolute Gasteiger partial charge is 0.494 e. The lowest BCUT2D eigenvalue weighted by Crippen LogP contribution is -2.12. The Morgan fingerprint density at radius 2 is 1.03 bits per heavy atom. The molecule has 59 heavy (non-hydrogen) atoms. The Balaban J connectivity index is 0.990. The van der Waals surface area contributed by atoms with Crippen LogP contribution in [0.1, 0.15) is 75.9 Å². The molecule has 0 fully saturated rings. The number of aryl methyl sites for hydroxylation is 3. The van der Waals surface area contributed by atoms with Gasteiger partial charge in [-0.15, -0.1) is 0 Å². The number of carbonyl (C=O) groups is 5. The van der Waals surface area contributed by atoms with E-state index in [1.54, 1.807) is 13.0 Å². The molecule has 0 saturated carbocycles. The van der Waals surface area contributed by atoms with Crippen molar-refractivity contribution >= 4 is 29.8 Å². The van der Waals surface area contributed by atoms with E-state index in [4.69, 9.17) is 28.4 Å². The fraction of sp³-hybridized carbons (Fsp3) is 0.229. The predicted molar refractivity (Wildman–Crippen MR) is 220 cm³/mol. The van der Waals surface area contributed by atoms with E-state index in [0.29, 0.717) is 43.1 Å². The lowest BCUT2D eigenvalue weighted by atomic mass is 10.1. The lowest BCUT2D eigenvalue weighted by Gasteiger charge is -2.11. The Labute approximate surface area is 343 Å². The van der Waals surface area contributed by atoms with Gasteiger partial charge in [0.25, 0.3) is 0 Å². The molecule has 0 radical (unpaired) electrons. The molecular weight excluding hydrogens is 753 g/mol. The molecule has 0 heterocycles. The molecule has 5 aromatic rings. The summed E-state index contributed by atoms with van der Waals surface area (Å²) in [6.45, 7) is 6.06. The van der Waals surface area contributed by atoms with Crippen molar-refractivity contribution in [1.29, 1.82) is 0 Å². The van der Waals surface area contributed by atoms with Gasteiger partial charge in [-0.1, -0.05) is 49.0 Å². The van der Waals surface area contributed by atoms with Gasteiger partial charge in [0.1, 0.15) is 28.7 Å².